The average Bonchev–Trinajstić information content (AvgIpc) is 2.58. The lowest BCUT2D eigenvalue weighted by molar-refractivity contribution is -0.139. The summed E-state index contributed by atoms with van der Waals surface area (Å²) >= 11 is 0. The number of carboxylic acid groups (broad SMARTS) is 1. The molecule has 0 bridgehead atoms. The zero-order valence-corrected chi connectivity index (χ0v) is 8.87. The summed E-state index contributed by atoms with van der Waals surface area (Å²) in [6, 6.07) is 0.275. The first-order valence-corrected chi connectivity index (χ1v) is 4.74. The predicted molar refractivity (Wildman–Crippen MR) is 51.6 cm³/mol. The Hall–Kier alpha value is -0.570. The number of hydrogen-bond acceptors (Lipinski definition) is 2. The van der Waals surface area contributed by atoms with E-state index in [2.05, 4.69) is 25.7 Å². The monoisotopic (exact) mass is 185 g/mol. The van der Waals surface area contributed by atoms with Gasteiger partial charge in [0.15, 0.2) is 0 Å². The van der Waals surface area contributed by atoms with E-state index in [0.717, 1.165) is 13.0 Å². The Labute approximate surface area is 79.7 Å². The molecule has 0 amide bonds. The van der Waals surface area contributed by atoms with Crippen LogP contribution in [-0.2, 0) is 4.79 Å². The van der Waals surface area contributed by atoms with E-state index in [4.69, 9.17) is 5.11 Å². The zero-order valence-electron chi connectivity index (χ0n) is 8.87. The molecule has 13 heavy (non-hydrogen) atoms. The van der Waals surface area contributed by atoms with Crippen LogP contribution >= 0.6 is 0 Å². The van der Waals surface area contributed by atoms with Crippen molar-refractivity contribution in [2.45, 2.75) is 33.2 Å². The summed E-state index contributed by atoms with van der Waals surface area (Å²) in [4.78, 5) is 12.8. The fraction of sp³-hybridized carbons (Fsp3) is 0.900. The molecule has 1 fully saturated rings. The molecule has 0 aromatic rings. The maximum atomic E-state index is 10.6. The Bertz CT molecular complexity index is 207. The molecule has 0 aromatic carbocycles. The van der Waals surface area contributed by atoms with Crippen molar-refractivity contribution in [1.29, 1.82) is 0 Å². The highest BCUT2D eigenvalue weighted by Gasteiger charge is 2.46. The Morgan fingerprint density at radius 1 is 1.54 bits per heavy atom. The summed E-state index contributed by atoms with van der Waals surface area (Å²) in [6.45, 7) is 7.46. The van der Waals surface area contributed by atoms with Gasteiger partial charge < -0.3 is 10.0 Å². The Balaban J connectivity index is 2.35. The second kappa shape index (κ2) is 3.29. The first-order chi connectivity index (χ1) is 5.81. The molecule has 0 saturated heterocycles. The predicted octanol–water partition coefficient (Wildman–Crippen LogP) is 1.44. The fourth-order valence-electron chi connectivity index (χ4n) is 1.80. The first kappa shape index (κ1) is 10.5. The third-order valence-corrected chi connectivity index (χ3v) is 2.36. The molecule has 3 heteroatoms. The van der Waals surface area contributed by atoms with Crippen molar-refractivity contribution in [3.05, 3.63) is 0 Å². The molecule has 1 aliphatic carbocycles. The van der Waals surface area contributed by atoms with Crippen LogP contribution in [0.15, 0.2) is 0 Å². The van der Waals surface area contributed by atoms with Crippen molar-refractivity contribution in [2.75, 3.05) is 13.6 Å². The molecule has 0 radical (unpaired) electrons. The zero-order chi connectivity index (χ0) is 10.2. The lowest BCUT2D eigenvalue weighted by Gasteiger charge is -2.26. The Morgan fingerprint density at radius 2 is 2.08 bits per heavy atom. The van der Waals surface area contributed by atoms with Crippen LogP contribution in [0.3, 0.4) is 0 Å². The van der Waals surface area contributed by atoms with E-state index < -0.39 is 5.97 Å². The van der Waals surface area contributed by atoms with Gasteiger partial charge in [0.1, 0.15) is 0 Å². The van der Waals surface area contributed by atoms with Gasteiger partial charge >= 0.3 is 5.97 Å². The largest absolute Gasteiger partial charge is 0.481 e. The molecule has 2 unspecified atom stereocenters. The molecule has 2 atom stereocenters. The Kier molecular flexibility index (Phi) is 2.66. The number of rotatable bonds is 3. The topological polar surface area (TPSA) is 40.5 Å². The summed E-state index contributed by atoms with van der Waals surface area (Å²) in [5.41, 5.74) is 0.250. The van der Waals surface area contributed by atoms with Gasteiger partial charge in [0, 0.05) is 12.6 Å². The van der Waals surface area contributed by atoms with Crippen molar-refractivity contribution in [1.82, 2.24) is 4.90 Å². The second-order valence-electron chi connectivity index (χ2n) is 5.22. The van der Waals surface area contributed by atoms with Gasteiger partial charge in [-0.15, -0.1) is 0 Å². The summed E-state index contributed by atoms with van der Waals surface area (Å²) < 4.78 is 0. The van der Waals surface area contributed by atoms with Gasteiger partial charge in [-0.25, -0.2) is 0 Å². The van der Waals surface area contributed by atoms with Crippen molar-refractivity contribution in [3.8, 4) is 0 Å². The summed E-state index contributed by atoms with van der Waals surface area (Å²) in [7, 11) is 2.01. The standard InChI is InChI=1S/C10H19NO2/c1-10(2,3)6-11(4)8-5-7(8)9(12)13/h7-8H,5-6H2,1-4H3,(H,12,13). The summed E-state index contributed by atoms with van der Waals surface area (Å²) in [6.07, 6.45) is 0.821. The van der Waals surface area contributed by atoms with Crippen LogP contribution in [0.4, 0.5) is 0 Å². The van der Waals surface area contributed by atoms with Crippen LogP contribution < -0.4 is 0 Å². The summed E-state index contributed by atoms with van der Waals surface area (Å²) in [5, 5.41) is 8.74. The highest BCUT2D eigenvalue weighted by Crippen LogP contribution is 2.36. The molecule has 3 nitrogen and oxygen atoms in total. The van der Waals surface area contributed by atoms with Crippen LogP contribution in [0.25, 0.3) is 0 Å². The number of hydrogen-bond donors (Lipinski definition) is 1. The number of aliphatic carboxylic acids is 1. The van der Waals surface area contributed by atoms with Gasteiger partial charge in [-0.3, -0.25) is 4.79 Å². The maximum Gasteiger partial charge on any atom is 0.308 e. The molecular formula is C10H19NO2. The van der Waals surface area contributed by atoms with E-state index in [0.29, 0.717) is 0 Å². The van der Waals surface area contributed by atoms with Crippen LogP contribution in [0.2, 0.25) is 0 Å². The third-order valence-electron chi connectivity index (χ3n) is 2.36. The molecule has 1 N–H and O–H groups in total. The minimum absolute atomic E-state index is 0.118. The van der Waals surface area contributed by atoms with Gasteiger partial charge in [-0.1, -0.05) is 20.8 Å². The quantitative estimate of drug-likeness (QED) is 0.723. The number of carbonyl (C=O) groups is 1. The van der Waals surface area contributed by atoms with E-state index in [9.17, 15) is 4.79 Å². The van der Waals surface area contributed by atoms with Gasteiger partial charge in [0.05, 0.1) is 5.92 Å². The van der Waals surface area contributed by atoms with Crippen molar-refractivity contribution in [2.24, 2.45) is 11.3 Å². The molecule has 0 spiro atoms. The lowest BCUT2D eigenvalue weighted by atomic mass is 9.96. The minimum atomic E-state index is -0.647. The van der Waals surface area contributed by atoms with E-state index >= 15 is 0 Å². The molecule has 0 heterocycles. The van der Waals surface area contributed by atoms with Crippen molar-refractivity contribution >= 4 is 5.97 Å². The molecule has 1 rings (SSSR count). The molecule has 0 aromatic heterocycles. The Morgan fingerprint density at radius 3 is 2.38 bits per heavy atom. The SMILES string of the molecule is CN(CC(C)(C)C)C1CC1C(=O)O. The van der Waals surface area contributed by atoms with Gasteiger partial charge in [-0.05, 0) is 18.9 Å². The summed E-state index contributed by atoms with van der Waals surface area (Å²) in [5.74, 6) is -0.766. The van der Waals surface area contributed by atoms with E-state index in [1.807, 2.05) is 7.05 Å². The van der Waals surface area contributed by atoms with E-state index in [1.165, 1.54) is 0 Å². The number of carboxylic acids is 1. The van der Waals surface area contributed by atoms with Gasteiger partial charge in [-0.2, -0.15) is 0 Å². The van der Waals surface area contributed by atoms with Gasteiger partial charge in [0.2, 0.25) is 0 Å². The number of nitrogens with zero attached hydrogens (tertiary/aromatic N) is 1. The third kappa shape index (κ3) is 2.99. The van der Waals surface area contributed by atoms with Crippen molar-refractivity contribution < 1.29 is 9.90 Å². The van der Waals surface area contributed by atoms with E-state index in [-0.39, 0.29) is 17.4 Å². The van der Waals surface area contributed by atoms with Crippen LogP contribution in [-0.4, -0.2) is 35.6 Å². The molecule has 1 aliphatic rings. The van der Waals surface area contributed by atoms with Gasteiger partial charge in [0.25, 0.3) is 0 Å². The smallest absolute Gasteiger partial charge is 0.308 e. The van der Waals surface area contributed by atoms with Crippen molar-refractivity contribution in [3.63, 3.8) is 0 Å². The van der Waals surface area contributed by atoms with Crippen LogP contribution in [0, 0.1) is 11.3 Å². The first-order valence-electron chi connectivity index (χ1n) is 4.74. The normalized spacial score (nSPS) is 27.8. The highest BCUT2D eigenvalue weighted by molar-refractivity contribution is 5.74. The van der Waals surface area contributed by atoms with Crippen LogP contribution in [0.5, 0.6) is 0 Å². The molecule has 76 valence electrons. The molecule has 0 aliphatic heterocycles. The fourth-order valence-corrected chi connectivity index (χ4v) is 1.80. The molecule has 1 saturated carbocycles. The minimum Gasteiger partial charge on any atom is -0.481 e. The lowest BCUT2D eigenvalue weighted by Crippen LogP contribution is -2.32. The average molecular weight is 185 g/mol. The maximum absolute atomic E-state index is 10.6. The highest BCUT2D eigenvalue weighted by atomic mass is 16.4. The molecular weight excluding hydrogens is 166 g/mol. The van der Waals surface area contributed by atoms with Crippen LogP contribution in [0.1, 0.15) is 27.2 Å². The second-order valence-corrected chi connectivity index (χ2v) is 5.22. The van der Waals surface area contributed by atoms with E-state index in [1.54, 1.807) is 0 Å².